The average Bonchev–Trinajstić information content (AvgIpc) is 3.14. The number of allylic oxidation sites excluding steroid dienone is 5. The van der Waals surface area contributed by atoms with Crippen molar-refractivity contribution in [1.82, 2.24) is 20.1 Å². The fourth-order valence-electron chi connectivity index (χ4n) is 3.39. The van der Waals surface area contributed by atoms with Crippen molar-refractivity contribution >= 4 is 11.9 Å². The number of carbonyl (C=O) groups excluding carboxylic acids is 1. The molecule has 3 N–H and O–H groups in total. The van der Waals surface area contributed by atoms with E-state index in [1.54, 1.807) is 4.90 Å². The number of nitrogens with two attached hydrogens (primary N) is 1. The third-order valence-corrected chi connectivity index (χ3v) is 4.77. The zero-order chi connectivity index (χ0) is 18.5. The van der Waals surface area contributed by atoms with Crippen molar-refractivity contribution < 1.29 is 4.79 Å². The van der Waals surface area contributed by atoms with Crippen LogP contribution in [0.1, 0.15) is 33.1 Å². The fourth-order valence-corrected chi connectivity index (χ4v) is 3.39. The molecule has 3 rings (SSSR count). The number of carbonyl (C=O) groups is 1. The number of likely N-dealkylation sites (tertiary alicyclic amines) is 1. The van der Waals surface area contributed by atoms with Crippen LogP contribution in [0.5, 0.6) is 0 Å². The van der Waals surface area contributed by atoms with Gasteiger partial charge in [-0.05, 0) is 33.1 Å². The number of nitrogens with zero attached hydrogens (tertiary/aromatic N) is 4. The number of amidine groups is 1. The lowest BCUT2D eigenvalue weighted by Gasteiger charge is -2.41. The van der Waals surface area contributed by atoms with Crippen molar-refractivity contribution in [1.29, 1.82) is 0 Å². The van der Waals surface area contributed by atoms with Crippen LogP contribution in [0.15, 0.2) is 52.5 Å². The molecular formula is C19H28N6O. The molecule has 2 amide bonds. The topological polar surface area (TPSA) is 77.2 Å². The van der Waals surface area contributed by atoms with Gasteiger partial charge < -0.3 is 10.2 Å². The summed E-state index contributed by atoms with van der Waals surface area (Å²) in [6.45, 7) is 6.85. The van der Waals surface area contributed by atoms with Crippen molar-refractivity contribution in [3.8, 4) is 0 Å². The van der Waals surface area contributed by atoms with E-state index in [0.717, 1.165) is 48.0 Å². The Labute approximate surface area is 155 Å². The Morgan fingerprint density at radius 1 is 1.27 bits per heavy atom. The lowest BCUT2D eigenvalue weighted by molar-refractivity contribution is 0.155. The van der Waals surface area contributed by atoms with Gasteiger partial charge in [-0.2, -0.15) is 0 Å². The molecule has 3 heterocycles. The Hall–Kier alpha value is -2.54. The number of hydrogen-bond acceptors (Lipinski definition) is 5. The van der Waals surface area contributed by atoms with Gasteiger partial charge in [-0.15, -0.1) is 0 Å². The predicted molar refractivity (Wildman–Crippen MR) is 104 cm³/mol. The number of aliphatic imine (C=N–C) groups is 1. The number of urea groups is 1. The third-order valence-electron chi connectivity index (χ3n) is 4.77. The highest BCUT2D eigenvalue weighted by Crippen LogP contribution is 2.27. The number of nitrogens with one attached hydrogen (secondary N) is 1. The summed E-state index contributed by atoms with van der Waals surface area (Å²) >= 11 is 0. The van der Waals surface area contributed by atoms with Gasteiger partial charge in [0.25, 0.3) is 0 Å². The van der Waals surface area contributed by atoms with Crippen LogP contribution in [0.25, 0.3) is 0 Å². The van der Waals surface area contributed by atoms with E-state index >= 15 is 0 Å². The monoisotopic (exact) mass is 356 g/mol. The Kier molecular flexibility index (Phi) is 5.78. The van der Waals surface area contributed by atoms with Gasteiger partial charge in [-0.25, -0.2) is 20.6 Å². The minimum absolute atomic E-state index is 0.238. The van der Waals surface area contributed by atoms with E-state index in [0.29, 0.717) is 19.0 Å². The van der Waals surface area contributed by atoms with Crippen LogP contribution >= 0.6 is 0 Å². The van der Waals surface area contributed by atoms with E-state index in [-0.39, 0.29) is 6.03 Å². The largest absolute Gasteiger partial charge is 0.360 e. The highest BCUT2D eigenvalue weighted by molar-refractivity contribution is 6.10. The van der Waals surface area contributed by atoms with E-state index in [1.165, 1.54) is 6.42 Å². The Morgan fingerprint density at radius 3 is 2.77 bits per heavy atom. The SMILES string of the molecule is CC=CC=CC(C)=CCN1C(=O)N(N)C2=NCNC2=C1N1CCCCC1. The number of piperidine rings is 1. The molecule has 0 bridgehead atoms. The summed E-state index contributed by atoms with van der Waals surface area (Å²) in [6, 6.07) is -0.238. The van der Waals surface area contributed by atoms with Gasteiger partial charge in [0.05, 0.1) is 0 Å². The quantitative estimate of drug-likeness (QED) is 0.450. The second kappa shape index (κ2) is 8.23. The van der Waals surface area contributed by atoms with Crippen LogP contribution in [-0.4, -0.2) is 53.0 Å². The van der Waals surface area contributed by atoms with Gasteiger partial charge in [0.15, 0.2) is 5.84 Å². The lowest BCUT2D eigenvalue weighted by atomic mass is 10.1. The molecule has 0 spiro atoms. The first kappa shape index (κ1) is 18.3. The van der Waals surface area contributed by atoms with Crippen molar-refractivity contribution in [3.05, 3.63) is 47.5 Å². The molecule has 0 saturated carbocycles. The van der Waals surface area contributed by atoms with Crippen molar-refractivity contribution in [2.24, 2.45) is 10.8 Å². The van der Waals surface area contributed by atoms with Crippen LogP contribution in [0.4, 0.5) is 4.79 Å². The van der Waals surface area contributed by atoms with E-state index in [2.05, 4.69) is 15.2 Å². The van der Waals surface area contributed by atoms with Crippen LogP contribution in [0.2, 0.25) is 0 Å². The molecule has 3 aliphatic heterocycles. The number of hydrogen-bond donors (Lipinski definition) is 2. The second-order valence-corrected chi connectivity index (χ2v) is 6.66. The number of rotatable bonds is 5. The zero-order valence-electron chi connectivity index (χ0n) is 15.6. The maximum Gasteiger partial charge on any atom is 0.346 e. The Balaban J connectivity index is 1.90. The minimum Gasteiger partial charge on any atom is -0.360 e. The summed E-state index contributed by atoms with van der Waals surface area (Å²) in [5, 5.41) is 4.45. The summed E-state index contributed by atoms with van der Waals surface area (Å²) in [5.74, 6) is 7.48. The first-order chi connectivity index (χ1) is 12.6. The smallest absolute Gasteiger partial charge is 0.346 e. The van der Waals surface area contributed by atoms with Crippen LogP contribution in [0.3, 0.4) is 0 Å². The minimum atomic E-state index is -0.238. The molecule has 3 aliphatic rings. The molecule has 26 heavy (non-hydrogen) atoms. The van der Waals surface area contributed by atoms with Crippen LogP contribution < -0.4 is 11.2 Å². The molecule has 0 atom stereocenters. The summed E-state index contributed by atoms with van der Waals surface area (Å²) in [7, 11) is 0. The molecule has 1 saturated heterocycles. The summed E-state index contributed by atoms with van der Waals surface area (Å²) in [6.07, 6.45) is 13.5. The van der Waals surface area contributed by atoms with E-state index < -0.39 is 0 Å². The standard InChI is InChI=1S/C19H28N6O/c1-3-4-6-9-15(2)10-13-24-18(23-11-7-5-8-12-23)16-17(22-14-21-16)25(20)19(24)26/h3-4,6,9-10,21H,5,7-8,11-14,20H2,1-2H3. The van der Waals surface area contributed by atoms with Crippen molar-refractivity contribution in [3.63, 3.8) is 0 Å². The molecule has 0 aromatic heterocycles. The van der Waals surface area contributed by atoms with Crippen LogP contribution in [-0.2, 0) is 0 Å². The molecular weight excluding hydrogens is 328 g/mol. The predicted octanol–water partition coefficient (Wildman–Crippen LogP) is 2.29. The highest BCUT2D eigenvalue weighted by Gasteiger charge is 2.40. The number of hydrazine groups is 1. The van der Waals surface area contributed by atoms with Crippen molar-refractivity contribution in [2.45, 2.75) is 33.1 Å². The van der Waals surface area contributed by atoms with E-state index in [4.69, 9.17) is 5.84 Å². The van der Waals surface area contributed by atoms with E-state index in [1.807, 2.05) is 44.2 Å². The summed E-state index contributed by atoms with van der Waals surface area (Å²) in [4.78, 5) is 21.3. The van der Waals surface area contributed by atoms with Crippen molar-refractivity contribution in [2.75, 3.05) is 26.3 Å². The van der Waals surface area contributed by atoms with E-state index in [9.17, 15) is 4.79 Å². The van der Waals surface area contributed by atoms with Gasteiger partial charge in [0.2, 0.25) is 0 Å². The molecule has 0 aromatic carbocycles. The maximum absolute atomic E-state index is 12.9. The third kappa shape index (κ3) is 3.67. The lowest BCUT2D eigenvalue weighted by Crippen LogP contribution is -2.58. The molecule has 7 heteroatoms. The molecule has 1 fully saturated rings. The van der Waals surface area contributed by atoms with Crippen LogP contribution in [0, 0.1) is 0 Å². The highest BCUT2D eigenvalue weighted by atomic mass is 16.2. The second-order valence-electron chi connectivity index (χ2n) is 6.66. The molecule has 0 unspecified atom stereocenters. The number of fused-ring (bicyclic) bond motifs is 1. The van der Waals surface area contributed by atoms with Gasteiger partial charge in [0, 0.05) is 19.6 Å². The molecule has 0 aliphatic carbocycles. The first-order valence-corrected chi connectivity index (χ1v) is 9.24. The summed E-state index contributed by atoms with van der Waals surface area (Å²) in [5.41, 5.74) is 1.96. The first-order valence-electron chi connectivity index (χ1n) is 9.24. The molecule has 0 radical (unpaired) electrons. The molecule has 0 aromatic rings. The van der Waals surface area contributed by atoms with Gasteiger partial charge in [-0.1, -0.05) is 36.0 Å². The Morgan fingerprint density at radius 2 is 2.04 bits per heavy atom. The Bertz CT molecular complexity index is 697. The molecule has 7 nitrogen and oxygen atoms in total. The molecule has 140 valence electrons. The maximum atomic E-state index is 12.9. The summed E-state index contributed by atoms with van der Waals surface area (Å²) < 4.78 is 0. The fraction of sp³-hybridized carbons (Fsp3) is 0.474. The van der Waals surface area contributed by atoms with Gasteiger partial charge in [-0.3, -0.25) is 4.90 Å². The normalized spacial score (nSPS) is 21.8. The van der Waals surface area contributed by atoms with Gasteiger partial charge >= 0.3 is 6.03 Å². The number of amides is 2. The average molecular weight is 356 g/mol. The zero-order valence-corrected chi connectivity index (χ0v) is 15.6. The van der Waals surface area contributed by atoms with Gasteiger partial charge in [0.1, 0.15) is 18.2 Å².